The highest BCUT2D eigenvalue weighted by Crippen LogP contribution is 2.21. The molecule has 1 unspecified atom stereocenters. The molecule has 1 aromatic carbocycles. The van der Waals surface area contributed by atoms with Gasteiger partial charge in [0.05, 0.1) is 13.2 Å². The van der Waals surface area contributed by atoms with Gasteiger partial charge in [-0.05, 0) is 17.0 Å². The molecule has 2 rings (SSSR count). The number of nitrogens with zero attached hydrogens (tertiary/aromatic N) is 1. The highest BCUT2D eigenvalue weighted by atomic mass is 16.5. The van der Waals surface area contributed by atoms with Crippen LogP contribution in [0.25, 0.3) is 0 Å². The van der Waals surface area contributed by atoms with Crippen LogP contribution in [0.2, 0.25) is 0 Å². The van der Waals surface area contributed by atoms with Gasteiger partial charge in [-0.3, -0.25) is 4.90 Å². The first kappa shape index (κ1) is 12.6. The van der Waals surface area contributed by atoms with Gasteiger partial charge < -0.3 is 10.5 Å². The maximum atomic E-state index is 5.79. The summed E-state index contributed by atoms with van der Waals surface area (Å²) in [5, 5.41) is 0. The molecule has 0 aromatic heterocycles. The fraction of sp³-hybridized carbons (Fsp3) is 0.571. The Kier molecular flexibility index (Phi) is 4.54. The Labute approximate surface area is 104 Å². The van der Waals surface area contributed by atoms with Gasteiger partial charge in [0.2, 0.25) is 0 Å². The lowest BCUT2D eigenvalue weighted by atomic mass is 9.95. The third-order valence-corrected chi connectivity index (χ3v) is 3.44. The van der Waals surface area contributed by atoms with E-state index in [9.17, 15) is 0 Å². The highest BCUT2D eigenvalue weighted by Gasteiger charge is 2.16. The van der Waals surface area contributed by atoms with Crippen LogP contribution in [-0.4, -0.2) is 37.7 Å². The maximum absolute atomic E-state index is 5.79. The largest absolute Gasteiger partial charge is 0.379 e. The summed E-state index contributed by atoms with van der Waals surface area (Å²) < 4.78 is 5.37. The van der Waals surface area contributed by atoms with Crippen molar-refractivity contribution in [2.75, 3.05) is 32.8 Å². The molecular formula is C14H22N2O. The molecule has 3 heteroatoms. The molecule has 0 radical (unpaired) electrons. The van der Waals surface area contributed by atoms with Gasteiger partial charge >= 0.3 is 0 Å². The summed E-state index contributed by atoms with van der Waals surface area (Å²) >= 11 is 0. The average Bonchev–Trinajstić information content (AvgIpc) is 2.40. The van der Waals surface area contributed by atoms with E-state index in [1.54, 1.807) is 0 Å². The molecule has 1 saturated heterocycles. The average molecular weight is 234 g/mol. The van der Waals surface area contributed by atoms with Crippen molar-refractivity contribution < 1.29 is 4.74 Å². The number of rotatable bonds is 4. The molecule has 1 aliphatic heterocycles. The van der Waals surface area contributed by atoms with Crippen LogP contribution in [0.15, 0.2) is 24.3 Å². The van der Waals surface area contributed by atoms with Crippen LogP contribution in [0.1, 0.15) is 24.0 Å². The van der Waals surface area contributed by atoms with E-state index in [0.29, 0.717) is 12.5 Å². The minimum atomic E-state index is 0.535. The maximum Gasteiger partial charge on any atom is 0.0594 e. The van der Waals surface area contributed by atoms with E-state index >= 15 is 0 Å². The minimum absolute atomic E-state index is 0.535. The van der Waals surface area contributed by atoms with Crippen molar-refractivity contribution in [3.63, 3.8) is 0 Å². The van der Waals surface area contributed by atoms with Crippen LogP contribution < -0.4 is 5.73 Å². The molecule has 0 bridgehead atoms. The van der Waals surface area contributed by atoms with Crippen molar-refractivity contribution in [1.82, 2.24) is 4.90 Å². The van der Waals surface area contributed by atoms with Crippen molar-refractivity contribution in [3.8, 4) is 0 Å². The molecule has 17 heavy (non-hydrogen) atoms. The van der Waals surface area contributed by atoms with Crippen molar-refractivity contribution >= 4 is 0 Å². The molecule has 1 aliphatic rings. The normalized spacial score (nSPS) is 19.2. The first-order chi connectivity index (χ1) is 8.31. The van der Waals surface area contributed by atoms with Gasteiger partial charge in [0, 0.05) is 26.2 Å². The summed E-state index contributed by atoms with van der Waals surface area (Å²) in [5.74, 6) is 0.535. The predicted octanol–water partition coefficient (Wildman–Crippen LogP) is 1.58. The molecule has 1 aromatic rings. The van der Waals surface area contributed by atoms with Crippen LogP contribution in [0.4, 0.5) is 0 Å². The van der Waals surface area contributed by atoms with Gasteiger partial charge in [-0.25, -0.2) is 0 Å². The molecule has 0 spiro atoms. The molecule has 3 nitrogen and oxygen atoms in total. The summed E-state index contributed by atoms with van der Waals surface area (Å²) in [4.78, 5) is 2.47. The number of nitrogens with two attached hydrogens (primary N) is 1. The van der Waals surface area contributed by atoms with Crippen LogP contribution in [-0.2, 0) is 11.3 Å². The molecule has 94 valence electrons. The number of benzene rings is 1. The van der Waals surface area contributed by atoms with Gasteiger partial charge in [0.25, 0.3) is 0 Å². The molecule has 2 N–H and O–H groups in total. The summed E-state index contributed by atoms with van der Waals surface area (Å²) in [6.45, 7) is 7.84. The first-order valence-electron chi connectivity index (χ1n) is 6.39. The second-order valence-corrected chi connectivity index (χ2v) is 4.72. The monoisotopic (exact) mass is 234 g/mol. The number of morpholine rings is 1. The Bertz CT molecular complexity index is 348. The summed E-state index contributed by atoms with van der Waals surface area (Å²) in [6, 6.07) is 8.50. The van der Waals surface area contributed by atoms with E-state index in [1.807, 2.05) is 0 Å². The van der Waals surface area contributed by atoms with E-state index in [0.717, 1.165) is 32.8 Å². The lowest BCUT2D eigenvalue weighted by Crippen LogP contribution is -2.38. The molecule has 0 aliphatic carbocycles. The number of hydrogen-bond donors (Lipinski definition) is 1. The molecule has 1 fully saturated rings. The lowest BCUT2D eigenvalue weighted by Gasteiger charge is -2.29. The third-order valence-electron chi connectivity index (χ3n) is 3.44. The summed E-state index contributed by atoms with van der Waals surface area (Å²) in [6.07, 6.45) is 0. The molecule has 1 atom stereocenters. The van der Waals surface area contributed by atoms with Crippen LogP contribution in [0, 0.1) is 0 Å². The van der Waals surface area contributed by atoms with Crippen molar-refractivity contribution in [3.05, 3.63) is 35.4 Å². The molecule has 0 amide bonds. The van der Waals surface area contributed by atoms with Crippen LogP contribution in [0.3, 0.4) is 0 Å². The third kappa shape index (κ3) is 3.28. The molecular weight excluding hydrogens is 212 g/mol. The fourth-order valence-corrected chi connectivity index (χ4v) is 2.47. The predicted molar refractivity (Wildman–Crippen MR) is 70.0 cm³/mol. The zero-order chi connectivity index (χ0) is 12.1. The Hall–Kier alpha value is -0.900. The number of hydrogen-bond acceptors (Lipinski definition) is 3. The zero-order valence-electron chi connectivity index (χ0n) is 10.6. The van der Waals surface area contributed by atoms with Gasteiger partial charge in [-0.2, -0.15) is 0 Å². The van der Waals surface area contributed by atoms with Gasteiger partial charge in [0.15, 0.2) is 0 Å². The standard InChI is InChI=1S/C14H22N2O/c1-12(11-16-6-8-17-9-7-16)14-5-3-2-4-13(14)10-15/h2-5,12H,6-11,15H2,1H3. The zero-order valence-corrected chi connectivity index (χ0v) is 10.6. The Morgan fingerprint density at radius 3 is 2.71 bits per heavy atom. The van der Waals surface area contributed by atoms with Crippen molar-refractivity contribution in [2.45, 2.75) is 19.4 Å². The SMILES string of the molecule is CC(CN1CCOCC1)c1ccccc1CN. The van der Waals surface area contributed by atoms with Crippen LogP contribution >= 0.6 is 0 Å². The smallest absolute Gasteiger partial charge is 0.0594 e. The van der Waals surface area contributed by atoms with E-state index in [-0.39, 0.29) is 0 Å². The topological polar surface area (TPSA) is 38.5 Å². The minimum Gasteiger partial charge on any atom is -0.379 e. The van der Waals surface area contributed by atoms with E-state index in [1.165, 1.54) is 11.1 Å². The Morgan fingerprint density at radius 2 is 2.00 bits per heavy atom. The summed E-state index contributed by atoms with van der Waals surface area (Å²) in [7, 11) is 0. The quantitative estimate of drug-likeness (QED) is 0.859. The molecule has 0 saturated carbocycles. The Morgan fingerprint density at radius 1 is 1.29 bits per heavy atom. The van der Waals surface area contributed by atoms with Crippen molar-refractivity contribution in [2.24, 2.45) is 5.73 Å². The molecule has 1 heterocycles. The van der Waals surface area contributed by atoms with Gasteiger partial charge in [-0.15, -0.1) is 0 Å². The number of ether oxygens (including phenoxy) is 1. The van der Waals surface area contributed by atoms with Gasteiger partial charge in [-0.1, -0.05) is 31.2 Å². The van der Waals surface area contributed by atoms with Gasteiger partial charge in [0.1, 0.15) is 0 Å². The second kappa shape index (κ2) is 6.15. The van der Waals surface area contributed by atoms with E-state index in [2.05, 4.69) is 36.1 Å². The van der Waals surface area contributed by atoms with E-state index in [4.69, 9.17) is 10.5 Å². The first-order valence-corrected chi connectivity index (χ1v) is 6.39. The fourth-order valence-electron chi connectivity index (χ4n) is 2.47. The Balaban J connectivity index is 2.00. The summed E-state index contributed by atoms with van der Waals surface area (Å²) in [5.41, 5.74) is 8.45. The highest BCUT2D eigenvalue weighted by molar-refractivity contribution is 5.30. The lowest BCUT2D eigenvalue weighted by molar-refractivity contribution is 0.0357. The second-order valence-electron chi connectivity index (χ2n) is 4.72. The van der Waals surface area contributed by atoms with Crippen molar-refractivity contribution in [1.29, 1.82) is 0 Å². The van der Waals surface area contributed by atoms with E-state index < -0.39 is 0 Å². The van der Waals surface area contributed by atoms with Crippen LogP contribution in [0.5, 0.6) is 0 Å².